The summed E-state index contributed by atoms with van der Waals surface area (Å²) >= 11 is 0. The van der Waals surface area contributed by atoms with Crippen LogP contribution >= 0.6 is 0 Å². The Morgan fingerprint density at radius 1 is 1.39 bits per heavy atom. The summed E-state index contributed by atoms with van der Waals surface area (Å²) in [6.45, 7) is 0.364. The van der Waals surface area contributed by atoms with Gasteiger partial charge in [0.1, 0.15) is 10.7 Å². The van der Waals surface area contributed by atoms with Crippen molar-refractivity contribution >= 4 is 15.8 Å². The van der Waals surface area contributed by atoms with Crippen LogP contribution in [-0.4, -0.2) is 23.2 Å². The van der Waals surface area contributed by atoms with Gasteiger partial charge in [-0.25, -0.2) is 13.4 Å². The molecule has 8 heteroatoms. The fourth-order valence-corrected chi connectivity index (χ4v) is 2.33. The molecule has 0 unspecified atom stereocenters. The number of anilines is 1. The molecule has 0 spiro atoms. The van der Waals surface area contributed by atoms with Gasteiger partial charge in [-0.1, -0.05) is 6.07 Å². The number of hydrogen-bond acceptors (Lipinski definition) is 5. The van der Waals surface area contributed by atoms with Gasteiger partial charge in [-0.3, -0.25) is 9.40 Å². The van der Waals surface area contributed by atoms with Gasteiger partial charge in [0.05, 0.1) is 6.20 Å². The molecule has 0 aliphatic carbocycles. The summed E-state index contributed by atoms with van der Waals surface area (Å²) in [4.78, 5) is 4.06. The fraction of sp³-hybridized carbons (Fsp3) is 0.200. The fourth-order valence-electron chi connectivity index (χ4n) is 1.34. The third-order valence-corrected chi connectivity index (χ3v) is 3.60. The van der Waals surface area contributed by atoms with E-state index < -0.39 is 10.0 Å². The Morgan fingerprint density at radius 3 is 2.67 bits per heavy atom. The summed E-state index contributed by atoms with van der Waals surface area (Å²) in [7, 11) is -1.99. The molecule has 7 nitrogen and oxygen atoms in total. The van der Waals surface area contributed by atoms with Gasteiger partial charge in [-0.15, -0.1) is 0 Å². The van der Waals surface area contributed by atoms with E-state index in [0.717, 1.165) is 5.56 Å². The van der Waals surface area contributed by atoms with Crippen molar-refractivity contribution in [1.82, 2.24) is 14.8 Å². The van der Waals surface area contributed by atoms with Crippen molar-refractivity contribution in [2.24, 2.45) is 12.8 Å². The van der Waals surface area contributed by atoms with Crippen LogP contribution in [0.25, 0.3) is 0 Å². The third kappa shape index (κ3) is 2.66. The van der Waals surface area contributed by atoms with Crippen molar-refractivity contribution in [1.29, 1.82) is 0 Å². The second kappa shape index (κ2) is 4.75. The Kier molecular flexibility index (Phi) is 3.30. The number of sulfonamides is 1. The quantitative estimate of drug-likeness (QED) is 0.816. The Labute approximate surface area is 105 Å². The zero-order valence-corrected chi connectivity index (χ0v) is 10.6. The number of nitrogens with one attached hydrogen (secondary N) is 1. The highest BCUT2D eigenvalue weighted by molar-refractivity contribution is 7.92. The topological polar surface area (TPSA) is 103 Å². The Hall–Kier alpha value is -1.93. The molecule has 0 amide bonds. The highest BCUT2D eigenvalue weighted by Crippen LogP contribution is 2.13. The van der Waals surface area contributed by atoms with Crippen molar-refractivity contribution in [2.75, 3.05) is 4.72 Å². The molecule has 0 atom stereocenters. The van der Waals surface area contributed by atoms with E-state index in [2.05, 4.69) is 14.8 Å². The van der Waals surface area contributed by atoms with E-state index in [4.69, 9.17) is 5.73 Å². The molecule has 18 heavy (non-hydrogen) atoms. The Bertz CT molecular complexity index is 633. The van der Waals surface area contributed by atoms with Gasteiger partial charge in [0.15, 0.2) is 0 Å². The van der Waals surface area contributed by atoms with Gasteiger partial charge in [0.2, 0.25) is 0 Å². The molecule has 0 bridgehead atoms. The van der Waals surface area contributed by atoms with Crippen molar-refractivity contribution in [3.8, 4) is 0 Å². The predicted molar refractivity (Wildman–Crippen MR) is 66.1 cm³/mol. The van der Waals surface area contributed by atoms with Crippen LogP contribution in [0.5, 0.6) is 0 Å². The van der Waals surface area contributed by atoms with Gasteiger partial charge >= 0.3 is 0 Å². The highest BCUT2D eigenvalue weighted by atomic mass is 32.2. The predicted octanol–water partition coefficient (Wildman–Crippen LogP) is 0.0746. The van der Waals surface area contributed by atoms with Gasteiger partial charge in [-0.2, -0.15) is 5.10 Å². The summed E-state index contributed by atoms with van der Waals surface area (Å²) in [5, 5.41) is 3.81. The van der Waals surface area contributed by atoms with E-state index >= 15 is 0 Å². The number of aromatic nitrogens is 3. The van der Waals surface area contributed by atoms with Crippen molar-refractivity contribution in [3.63, 3.8) is 0 Å². The molecule has 0 aliphatic rings. The van der Waals surface area contributed by atoms with Crippen LogP contribution < -0.4 is 10.5 Å². The van der Waals surface area contributed by atoms with E-state index in [9.17, 15) is 8.42 Å². The first-order chi connectivity index (χ1) is 8.51. The SMILES string of the molecule is Cn1cc(S(=O)(=O)Nc2ccc(CN)cn2)cn1. The molecule has 0 aromatic carbocycles. The van der Waals surface area contributed by atoms with Crippen molar-refractivity contribution in [2.45, 2.75) is 11.4 Å². The maximum absolute atomic E-state index is 11.9. The van der Waals surface area contributed by atoms with Crippen LogP contribution in [0, 0.1) is 0 Å². The van der Waals surface area contributed by atoms with Gasteiger partial charge in [0, 0.05) is 26.0 Å². The van der Waals surface area contributed by atoms with Gasteiger partial charge in [-0.05, 0) is 11.6 Å². The average Bonchev–Trinajstić information content (AvgIpc) is 2.77. The molecule has 0 aliphatic heterocycles. The lowest BCUT2D eigenvalue weighted by atomic mass is 10.3. The molecule has 0 fully saturated rings. The Morgan fingerprint density at radius 2 is 2.17 bits per heavy atom. The first kappa shape index (κ1) is 12.5. The van der Waals surface area contributed by atoms with E-state index in [1.807, 2.05) is 0 Å². The molecule has 0 saturated heterocycles. The summed E-state index contributed by atoms with van der Waals surface area (Å²) in [6.07, 6.45) is 4.22. The van der Waals surface area contributed by atoms with Crippen LogP contribution in [0.2, 0.25) is 0 Å². The molecule has 2 aromatic heterocycles. The smallest absolute Gasteiger partial charge is 0.266 e. The average molecular weight is 267 g/mol. The highest BCUT2D eigenvalue weighted by Gasteiger charge is 2.16. The molecular formula is C10H13N5O2S. The second-order valence-corrected chi connectivity index (χ2v) is 5.39. The van der Waals surface area contributed by atoms with E-state index in [1.54, 1.807) is 19.2 Å². The van der Waals surface area contributed by atoms with Crippen LogP contribution in [0.15, 0.2) is 35.6 Å². The van der Waals surface area contributed by atoms with E-state index in [-0.39, 0.29) is 10.7 Å². The molecule has 2 heterocycles. The minimum Gasteiger partial charge on any atom is -0.326 e. The number of pyridine rings is 1. The molecule has 3 N–H and O–H groups in total. The largest absolute Gasteiger partial charge is 0.326 e. The molecule has 96 valence electrons. The minimum atomic E-state index is -3.64. The standard InChI is InChI=1S/C10H13N5O2S/c1-15-7-9(6-13-15)18(16,17)14-10-3-2-8(4-11)5-12-10/h2-3,5-7H,4,11H2,1H3,(H,12,14). The lowest BCUT2D eigenvalue weighted by molar-refractivity contribution is 0.601. The van der Waals surface area contributed by atoms with Crippen molar-refractivity contribution in [3.05, 3.63) is 36.3 Å². The lowest BCUT2D eigenvalue weighted by Gasteiger charge is -2.05. The number of nitrogens with zero attached hydrogens (tertiary/aromatic N) is 3. The summed E-state index contributed by atoms with van der Waals surface area (Å²) in [6, 6.07) is 3.28. The first-order valence-electron chi connectivity index (χ1n) is 5.18. The minimum absolute atomic E-state index is 0.0923. The molecular weight excluding hydrogens is 254 g/mol. The van der Waals surface area contributed by atoms with Crippen LogP contribution in [-0.2, 0) is 23.6 Å². The zero-order chi connectivity index (χ0) is 13.2. The number of aryl methyl sites for hydroxylation is 1. The maximum Gasteiger partial charge on any atom is 0.266 e. The third-order valence-electron chi connectivity index (χ3n) is 2.29. The van der Waals surface area contributed by atoms with Crippen LogP contribution in [0.4, 0.5) is 5.82 Å². The maximum atomic E-state index is 11.9. The lowest BCUT2D eigenvalue weighted by Crippen LogP contribution is -2.13. The summed E-state index contributed by atoms with van der Waals surface area (Å²) in [5.74, 6) is 0.246. The van der Waals surface area contributed by atoms with Crippen molar-refractivity contribution < 1.29 is 8.42 Å². The monoisotopic (exact) mass is 267 g/mol. The van der Waals surface area contributed by atoms with Crippen LogP contribution in [0.3, 0.4) is 0 Å². The number of rotatable bonds is 4. The second-order valence-electron chi connectivity index (χ2n) is 3.71. The van der Waals surface area contributed by atoms with Crippen LogP contribution in [0.1, 0.15) is 5.56 Å². The normalized spacial score (nSPS) is 11.4. The van der Waals surface area contributed by atoms with Gasteiger partial charge in [0.25, 0.3) is 10.0 Å². The van der Waals surface area contributed by atoms with E-state index in [1.165, 1.54) is 23.3 Å². The molecule has 2 aromatic rings. The summed E-state index contributed by atoms with van der Waals surface area (Å²) < 4.78 is 27.7. The zero-order valence-electron chi connectivity index (χ0n) is 9.74. The Balaban J connectivity index is 2.22. The van der Waals surface area contributed by atoms with Gasteiger partial charge < -0.3 is 5.73 Å². The summed E-state index contributed by atoms with van der Waals surface area (Å²) in [5.41, 5.74) is 6.26. The first-order valence-corrected chi connectivity index (χ1v) is 6.66. The molecule has 0 saturated carbocycles. The molecule has 2 rings (SSSR count). The number of nitrogens with two attached hydrogens (primary N) is 1. The molecule has 0 radical (unpaired) electrons. The van der Waals surface area contributed by atoms with E-state index in [0.29, 0.717) is 6.54 Å². The number of hydrogen-bond donors (Lipinski definition) is 2.